The highest BCUT2D eigenvalue weighted by Gasteiger charge is 2.07. The second-order valence-electron chi connectivity index (χ2n) is 5.05. The summed E-state index contributed by atoms with van der Waals surface area (Å²) < 4.78 is 5.68. The smallest absolute Gasteiger partial charge is 0.220 e. The summed E-state index contributed by atoms with van der Waals surface area (Å²) in [4.78, 5) is 0. The molecule has 4 nitrogen and oxygen atoms in total. The molecule has 0 spiro atoms. The normalized spacial score (nSPS) is 11.1. The predicted octanol–water partition coefficient (Wildman–Crippen LogP) is 2.97. The molecular weight excluding hydrogens is 262 g/mol. The van der Waals surface area contributed by atoms with E-state index in [-0.39, 0.29) is 0 Å². The average molecular weight is 281 g/mol. The van der Waals surface area contributed by atoms with Crippen molar-refractivity contribution in [3.8, 4) is 0 Å². The van der Waals surface area contributed by atoms with Crippen molar-refractivity contribution in [3.05, 3.63) is 59.8 Å². The summed E-state index contributed by atoms with van der Waals surface area (Å²) in [5.74, 6) is 1.38. The lowest BCUT2D eigenvalue weighted by Gasteiger charge is -2.01. The van der Waals surface area contributed by atoms with Crippen molar-refractivity contribution >= 4 is 10.8 Å². The van der Waals surface area contributed by atoms with E-state index in [1.807, 2.05) is 0 Å². The van der Waals surface area contributed by atoms with Crippen molar-refractivity contribution in [1.29, 1.82) is 0 Å². The standard InChI is InChI=1S/C17H19N3O/c1-2-18-10-9-16-19-20-17(21-16)12-13-7-8-14-5-3-4-6-15(14)11-13/h3-8,11,18H,2,9-10,12H2,1H3. The molecule has 0 atom stereocenters. The minimum absolute atomic E-state index is 0.678. The van der Waals surface area contributed by atoms with Gasteiger partial charge in [-0.2, -0.15) is 0 Å². The van der Waals surface area contributed by atoms with Gasteiger partial charge in [0.2, 0.25) is 11.8 Å². The lowest BCUT2D eigenvalue weighted by molar-refractivity contribution is 0.452. The van der Waals surface area contributed by atoms with Crippen molar-refractivity contribution in [1.82, 2.24) is 15.5 Å². The minimum atomic E-state index is 0.678. The van der Waals surface area contributed by atoms with Crippen molar-refractivity contribution < 1.29 is 4.42 Å². The molecule has 1 aromatic heterocycles. The molecule has 3 rings (SSSR count). The van der Waals surface area contributed by atoms with Gasteiger partial charge in [-0.1, -0.05) is 49.4 Å². The maximum atomic E-state index is 5.68. The van der Waals surface area contributed by atoms with Crippen molar-refractivity contribution in [2.24, 2.45) is 0 Å². The number of rotatable bonds is 6. The molecule has 0 radical (unpaired) electrons. The van der Waals surface area contributed by atoms with Gasteiger partial charge in [-0.15, -0.1) is 10.2 Å². The molecule has 0 saturated carbocycles. The summed E-state index contributed by atoms with van der Waals surface area (Å²) in [6, 6.07) is 14.8. The Morgan fingerprint density at radius 3 is 2.67 bits per heavy atom. The van der Waals surface area contributed by atoms with Gasteiger partial charge in [0.05, 0.1) is 6.42 Å². The van der Waals surface area contributed by atoms with Gasteiger partial charge in [0, 0.05) is 13.0 Å². The van der Waals surface area contributed by atoms with Gasteiger partial charge in [-0.25, -0.2) is 0 Å². The van der Waals surface area contributed by atoms with Gasteiger partial charge < -0.3 is 9.73 Å². The Balaban J connectivity index is 1.70. The summed E-state index contributed by atoms with van der Waals surface area (Å²) in [6.45, 7) is 3.91. The van der Waals surface area contributed by atoms with E-state index in [2.05, 4.69) is 64.9 Å². The summed E-state index contributed by atoms with van der Waals surface area (Å²) in [7, 11) is 0. The first-order valence-corrected chi connectivity index (χ1v) is 7.35. The van der Waals surface area contributed by atoms with Crippen LogP contribution in [0.25, 0.3) is 10.8 Å². The molecule has 1 N–H and O–H groups in total. The molecule has 21 heavy (non-hydrogen) atoms. The fourth-order valence-corrected chi connectivity index (χ4v) is 2.36. The zero-order valence-corrected chi connectivity index (χ0v) is 12.2. The van der Waals surface area contributed by atoms with Crippen LogP contribution in [0.1, 0.15) is 24.3 Å². The van der Waals surface area contributed by atoms with Crippen LogP contribution in [0, 0.1) is 0 Å². The van der Waals surface area contributed by atoms with Crippen molar-refractivity contribution in [3.63, 3.8) is 0 Å². The number of nitrogens with zero attached hydrogens (tertiary/aromatic N) is 2. The molecule has 4 heteroatoms. The quantitative estimate of drug-likeness (QED) is 0.706. The Morgan fingerprint density at radius 2 is 1.81 bits per heavy atom. The van der Waals surface area contributed by atoms with Crippen LogP contribution in [-0.2, 0) is 12.8 Å². The number of fused-ring (bicyclic) bond motifs is 1. The number of nitrogens with one attached hydrogen (secondary N) is 1. The molecule has 0 aliphatic heterocycles. The number of hydrogen-bond donors (Lipinski definition) is 1. The van der Waals surface area contributed by atoms with Crippen molar-refractivity contribution in [2.45, 2.75) is 19.8 Å². The van der Waals surface area contributed by atoms with E-state index in [4.69, 9.17) is 4.42 Å². The van der Waals surface area contributed by atoms with Crippen LogP contribution >= 0.6 is 0 Å². The highest BCUT2D eigenvalue weighted by atomic mass is 16.4. The second kappa shape index (κ2) is 6.50. The first-order chi connectivity index (χ1) is 10.3. The second-order valence-corrected chi connectivity index (χ2v) is 5.05. The Labute approximate surface area is 124 Å². The van der Waals surface area contributed by atoms with Crippen LogP contribution in [0.15, 0.2) is 46.9 Å². The topological polar surface area (TPSA) is 51.0 Å². The van der Waals surface area contributed by atoms with E-state index < -0.39 is 0 Å². The van der Waals surface area contributed by atoms with Gasteiger partial charge in [0.1, 0.15) is 0 Å². The molecule has 0 aliphatic rings. The summed E-state index contributed by atoms with van der Waals surface area (Å²) in [5.41, 5.74) is 1.19. The van der Waals surface area contributed by atoms with Crippen LogP contribution in [0.2, 0.25) is 0 Å². The molecule has 0 amide bonds. The number of benzene rings is 2. The van der Waals surface area contributed by atoms with E-state index in [0.717, 1.165) is 19.5 Å². The highest BCUT2D eigenvalue weighted by Crippen LogP contribution is 2.17. The molecule has 0 saturated heterocycles. The Bertz CT molecular complexity index is 721. The third kappa shape index (κ3) is 3.47. The van der Waals surface area contributed by atoms with Gasteiger partial charge in [-0.05, 0) is 22.9 Å². The maximum absolute atomic E-state index is 5.68. The van der Waals surface area contributed by atoms with E-state index >= 15 is 0 Å². The van der Waals surface area contributed by atoms with E-state index in [0.29, 0.717) is 18.2 Å². The molecule has 108 valence electrons. The zero-order valence-electron chi connectivity index (χ0n) is 12.2. The van der Waals surface area contributed by atoms with Crippen LogP contribution in [-0.4, -0.2) is 23.3 Å². The van der Waals surface area contributed by atoms with Gasteiger partial charge >= 0.3 is 0 Å². The molecule has 2 aromatic carbocycles. The minimum Gasteiger partial charge on any atom is -0.425 e. The summed E-state index contributed by atoms with van der Waals surface area (Å²) >= 11 is 0. The Hall–Kier alpha value is -2.20. The third-order valence-corrected chi connectivity index (χ3v) is 3.44. The lowest BCUT2D eigenvalue weighted by Crippen LogP contribution is -2.16. The Morgan fingerprint density at radius 1 is 1.00 bits per heavy atom. The molecule has 0 unspecified atom stereocenters. The fraction of sp³-hybridized carbons (Fsp3) is 0.294. The van der Waals surface area contributed by atoms with E-state index in [1.165, 1.54) is 16.3 Å². The summed E-state index contributed by atoms with van der Waals surface area (Å²) in [6.07, 6.45) is 1.46. The monoisotopic (exact) mass is 281 g/mol. The molecule has 0 bridgehead atoms. The first-order valence-electron chi connectivity index (χ1n) is 7.35. The third-order valence-electron chi connectivity index (χ3n) is 3.44. The van der Waals surface area contributed by atoms with Gasteiger partial charge in [0.15, 0.2) is 0 Å². The lowest BCUT2D eigenvalue weighted by atomic mass is 10.1. The zero-order chi connectivity index (χ0) is 14.5. The predicted molar refractivity (Wildman–Crippen MR) is 83.3 cm³/mol. The van der Waals surface area contributed by atoms with Crippen LogP contribution in [0.5, 0.6) is 0 Å². The maximum Gasteiger partial charge on any atom is 0.220 e. The first kappa shape index (κ1) is 13.8. The molecule has 1 heterocycles. The fourth-order valence-electron chi connectivity index (χ4n) is 2.36. The average Bonchev–Trinajstić information content (AvgIpc) is 2.95. The molecule has 3 aromatic rings. The highest BCUT2D eigenvalue weighted by molar-refractivity contribution is 5.83. The van der Waals surface area contributed by atoms with Gasteiger partial charge in [0.25, 0.3) is 0 Å². The van der Waals surface area contributed by atoms with Crippen LogP contribution in [0.3, 0.4) is 0 Å². The van der Waals surface area contributed by atoms with Crippen molar-refractivity contribution in [2.75, 3.05) is 13.1 Å². The molecule has 0 aliphatic carbocycles. The molecule has 0 fully saturated rings. The van der Waals surface area contributed by atoms with Crippen LogP contribution in [0.4, 0.5) is 0 Å². The summed E-state index contributed by atoms with van der Waals surface area (Å²) in [5, 5.41) is 13.9. The number of likely N-dealkylation sites (N-methyl/N-ethyl adjacent to an activating group) is 1. The van der Waals surface area contributed by atoms with Gasteiger partial charge in [-0.3, -0.25) is 0 Å². The SMILES string of the molecule is CCNCCc1nnc(Cc2ccc3ccccc3c2)o1. The Kier molecular flexibility index (Phi) is 4.26. The number of hydrogen-bond acceptors (Lipinski definition) is 4. The van der Waals surface area contributed by atoms with E-state index in [1.54, 1.807) is 0 Å². The number of aromatic nitrogens is 2. The largest absolute Gasteiger partial charge is 0.425 e. The van der Waals surface area contributed by atoms with Crippen LogP contribution < -0.4 is 5.32 Å². The molecular formula is C17H19N3O. The van der Waals surface area contributed by atoms with E-state index in [9.17, 15) is 0 Å².